The molecule has 1 aromatic carbocycles. The number of hydrogen-bond donors (Lipinski definition) is 1. The molecule has 1 aromatic rings. The number of urea groups is 1. The highest BCUT2D eigenvalue weighted by atomic mass is 16.2. The number of nitrogens with one attached hydrogen (secondary N) is 1. The molecule has 1 N–H and O–H groups in total. The molecule has 0 aliphatic heterocycles. The van der Waals surface area contributed by atoms with E-state index in [1.54, 1.807) is 6.20 Å². The minimum absolute atomic E-state index is 0.0212. The van der Waals surface area contributed by atoms with E-state index in [9.17, 15) is 4.79 Å². The molecule has 0 aliphatic rings. The van der Waals surface area contributed by atoms with E-state index in [0.717, 1.165) is 31.5 Å². The van der Waals surface area contributed by atoms with Gasteiger partial charge in [0.25, 0.3) is 0 Å². The Morgan fingerprint density at radius 2 is 1.74 bits per heavy atom. The van der Waals surface area contributed by atoms with Gasteiger partial charge >= 0.3 is 6.03 Å². The maximum atomic E-state index is 11.9. The van der Waals surface area contributed by atoms with Crippen LogP contribution in [0.15, 0.2) is 30.5 Å². The van der Waals surface area contributed by atoms with Crippen LogP contribution in [0, 0.1) is 6.92 Å². The molecule has 0 bridgehead atoms. The van der Waals surface area contributed by atoms with Crippen molar-refractivity contribution in [2.75, 3.05) is 13.1 Å². The fourth-order valence-corrected chi connectivity index (χ4v) is 1.83. The van der Waals surface area contributed by atoms with Crippen LogP contribution in [0.1, 0.15) is 37.8 Å². The van der Waals surface area contributed by atoms with Crippen molar-refractivity contribution >= 4 is 12.1 Å². The first-order valence-electron chi connectivity index (χ1n) is 6.96. The molecule has 0 spiro atoms. The van der Waals surface area contributed by atoms with Crippen LogP contribution in [-0.2, 0) is 0 Å². The zero-order chi connectivity index (χ0) is 14.1. The summed E-state index contributed by atoms with van der Waals surface area (Å²) in [6.07, 6.45) is 5.59. The van der Waals surface area contributed by atoms with Gasteiger partial charge in [-0.1, -0.05) is 43.7 Å². The molecule has 1 rings (SSSR count). The van der Waals surface area contributed by atoms with Gasteiger partial charge in [-0.2, -0.15) is 0 Å². The minimum atomic E-state index is -0.0212. The Kier molecular flexibility index (Phi) is 6.72. The predicted molar refractivity (Wildman–Crippen MR) is 80.9 cm³/mol. The molecular weight excluding hydrogens is 236 g/mol. The summed E-state index contributed by atoms with van der Waals surface area (Å²) in [6.45, 7) is 7.83. The first-order chi connectivity index (χ1) is 9.17. The van der Waals surface area contributed by atoms with E-state index in [1.165, 1.54) is 5.56 Å². The van der Waals surface area contributed by atoms with E-state index in [1.807, 2.05) is 23.1 Å². The van der Waals surface area contributed by atoms with Crippen LogP contribution in [-0.4, -0.2) is 24.0 Å². The van der Waals surface area contributed by atoms with E-state index >= 15 is 0 Å². The largest absolute Gasteiger partial charge is 0.325 e. The Morgan fingerprint density at radius 3 is 2.26 bits per heavy atom. The molecular formula is C16H24N2O. The Morgan fingerprint density at radius 1 is 1.16 bits per heavy atom. The monoisotopic (exact) mass is 260 g/mol. The summed E-state index contributed by atoms with van der Waals surface area (Å²) in [7, 11) is 0. The number of nitrogens with zero attached hydrogens (tertiary/aromatic N) is 1. The van der Waals surface area contributed by atoms with Gasteiger partial charge in [-0.3, -0.25) is 0 Å². The molecule has 3 heteroatoms. The lowest BCUT2D eigenvalue weighted by Gasteiger charge is -2.20. The standard InChI is InChI=1S/C16H24N2O/c1-4-12-18(13-5-2)16(19)17-11-10-15-8-6-14(3)7-9-15/h6-11H,4-5,12-13H2,1-3H3,(H,17,19)/b11-10+. The Bertz CT molecular complexity index is 403. The Balaban J connectivity index is 2.49. The molecule has 19 heavy (non-hydrogen) atoms. The average Bonchev–Trinajstić information content (AvgIpc) is 2.40. The lowest BCUT2D eigenvalue weighted by atomic mass is 10.1. The van der Waals surface area contributed by atoms with Gasteiger partial charge in [-0.25, -0.2) is 4.79 Å². The van der Waals surface area contributed by atoms with Crippen LogP contribution in [0.2, 0.25) is 0 Å². The van der Waals surface area contributed by atoms with Crippen molar-refractivity contribution in [3.8, 4) is 0 Å². The summed E-state index contributed by atoms with van der Waals surface area (Å²) >= 11 is 0. The molecule has 0 aromatic heterocycles. The van der Waals surface area contributed by atoms with Crippen molar-refractivity contribution in [3.05, 3.63) is 41.6 Å². The Hall–Kier alpha value is -1.77. The SMILES string of the molecule is CCCN(CCC)C(=O)N/C=C/c1ccc(C)cc1. The zero-order valence-electron chi connectivity index (χ0n) is 12.1. The first-order valence-corrected chi connectivity index (χ1v) is 6.96. The van der Waals surface area contributed by atoms with Crippen molar-refractivity contribution < 1.29 is 4.79 Å². The fraction of sp³-hybridized carbons (Fsp3) is 0.438. The number of rotatable bonds is 6. The van der Waals surface area contributed by atoms with Gasteiger partial charge in [-0.15, -0.1) is 0 Å². The third kappa shape index (κ3) is 5.60. The van der Waals surface area contributed by atoms with Gasteiger partial charge in [0.15, 0.2) is 0 Å². The zero-order valence-corrected chi connectivity index (χ0v) is 12.1. The number of amides is 2. The van der Waals surface area contributed by atoms with Gasteiger partial charge in [0.1, 0.15) is 0 Å². The van der Waals surface area contributed by atoms with Crippen LogP contribution < -0.4 is 5.32 Å². The molecule has 104 valence electrons. The topological polar surface area (TPSA) is 32.3 Å². The van der Waals surface area contributed by atoms with Crippen LogP contribution >= 0.6 is 0 Å². The van der Waals surface area contributed by atoms with Crippen molar-refractivity contribution in [2.45, 2.75) is 33.6 Å². The van der Waals surface area contributed by atoms with E-state index in [0.29, 0.717) is 0 Å². The molecule has 0 radical (unpaired) electrons. The fourth-order valence-electron chi connectivity index (χ4n) is 1.83. The molecule has 0 aliphatic carbocycles. The molecule has 0 atom stereocenters. The van der Waals surface area contributed by atoms with Crippen LogP contribution in [0.3, 0.4) is 0 Å². The van der Waals surface area contributed by atoms with Gasteiger partial charge in [0.05, 0.1) is 0 Å². The second-order valence-electron chi connectivity index (χ2n) is 4.68. The second kappa shape index (κ2) is 8.35. The summed E-state index contributed by atoms with van der Waals surface area (Å²) < 4.78 is 0. The number of carbonyl (C=O) groups excluding carboxylic acids is 1. The molecule has 0 heterocycles. The van der Waals surface area contributed by atoms with Crippen LogP contribution in [0.5, 0.6) is 0 Å². The van der Waals surface area contributed by atoms with Gasteiger partial charge in [-0.05, 0) is 31.4 Å². The van der Waals surface area contributed by atoms with E-state index in [4.69, 9.17) is 0 Å². The number of benzene rings is 1. The third-order valence-electron chi connectivity index (χ3n) is 2.83. The van der Waals surface area contributed by atoms with Crippen molar-refractivity contribution in [3.63, 3.8) is 0 Å². The molecule has 0 saturated carbocycles. The minimum Gasteiger partial charge on any atom is -0.325 e. The lowest BCUT2D eigenvalue weighted by Crippen LogP contribution is -2.38. The predicted octanol–water partition coefficient (Wildman–Crippen LogP) is 3.80. The summed E-state index contributed by atoms with van der Waals surface area (Å²) in [4.78, 5) is 13.8. The van der Waals surface area contributed by atoms with E-state index in [2.05, 4.69) is 38.2 Å². The number of carbonyl (C=O) groups is 1. The molecule has 0 fully saturated rings. The quantitative estimate of drug-likeness (QED) is 0.829. The third-order valence-corrected chi connectivity index (χ3v) is 2.83. The number of hydrogen-bond acceptors (Lipinski definition) is 1. The molecule has 0 saturated heterocycles. The Labute approximate surface area is 116 Å². The molecule has 3 nitrogen and oxygen atoms in total. The second-order valence-corrected chi connectivity index (χ2v) is 4.68. The average molecular weight is 260 g/mol. The molecule has 2 amide bonds. The van der Waals surface area contributed by atoms with Gasteiger partial charge < -0.3 is 10.2 Å². The molecule has 0 unspecified atom stereocenters. The van der Waals surface area contributed by atoms with Gasteiger partial charge in [0.2, 0.25) is 0 Å². The summed E-state index contributed by atoms with van der Waals surface area (Å²) in [5.41, 5.74) is 2.32. The normalized spacial score (nSPS) is 10.7. The highest BCUT2D eigenvalue weighted by molar-refractivity contribution is 5.76. The number of aryl methyl sites for hydroxylation is 1. The smallest absolute Gasteiger partial charge is 0.321 e. The maximum Gasteiger partial charge on any atom is 0.321 e. The van der Waals surface area contributed by atoms with E-state index in [-0.39, 0.29) is 6.03 Å². The summed E-state index contributed by atoms with van der Waals surface area (Å²) in [5.74, 6) is 0. The van der Waals surface area contributed by atoms with Gasteiger partial charge in [0, 0.05) is 19.3 Å². The highest BCUT2D eigenvalue weighted by Gasteiger charge is 2.08. The maximum absolute atomic E-state index is 11.9. The summed E-state index contributed by atoms with van der Waals surface area (Å²) in [6, 6.07) is 8.16. The first kappa shape index (κ1) is 15.3. The van der Waals surface area contributed by atoms with E-state index < -0.39 is 0 Å². The van der Waals surface area contributed by atoms with Crippen LogP contribution in [0.4, 0.5) is 4.79 Å². The highest BCUT2D eigenvalue weighted by Crippen LogP contribution is 2.04. The van der Waals surface area contributed by atoms with Crippen molar-refractivity contribution in [1.82, 2.24) is 10.2 Å². The van der Waals surface area contributed by atoms with Crippen molar-refractivity contribution in [1.29, 1.82) is 0 Å². The summed E-state index contributed by atoms with van der Waals surface area (Å²) in [5, 5.41) is 2.82. The lowest BCUT2D eigenvalue weighted by molar-refractivity contribution is 0.201. The van der Waals surface area contributed by atoms with Crippen molar-refractivity contribution in [2.24, 2.45) is 0 Å². The van der Waals surface area contributed by atoms with Crippen LogP contribution in [0.25, 0.3) is 6.08 Å².